The van der Waals surface area contributed by atoms with Crippen molar-refractivity contribution in [3.8, 4) is 11.1 Å². The number of nitrogens with zero attached hydrogens (tertiary/aromatic N) is 2. The molecule has 2 heterocycles. The SMILES string of the molecule is O=C(C(=O)N1CCN(Cc2ccc(-c3ccc(Br)cc3)cc2)CC1)c1c[nH]c2ccccc12. The number of Topliss-reactive ketones (excluding diaryl/α,β-unsaturated/α-hetero) is 1. The van der Waals surface area contributed by atoms with Gasteiger partial charge in [0.2, 0.25) is 0 Å². The number of ketones is 1. The van der Waals surface area contributed by atoms with Crippen LogP contribution in [0.4, 0.5) is 0 Å². The number of halogens is 1. The van der Waals surface area contributed by atoms with Gasteiger partial charge in [-0.05, 0) is 34.9 Å². The molecule has 1 saturated heterocycles. The molecule has 166 valence electrons. The number of amides is 1. The van der Waals surface area contributed by atoms with Crippen LogP contribution in [-0.4, -0.2) is 52.7 Å². The van der Waals surface area contributed by atoms with Gasteiger partial charge in [0.05, 0.1) is 5.56 Å². The van der Waals surface area contributed by atoms with Crippen molar-refractivity contribution < 1.29 is 9.59 Å². The summed E-state index contributed by atoms with van der Waals surface area (Å²) >= 11 is 3.48. The molecule has 0 radical (unpaired) electrons. The number of para-hydroxylation sites is 1. The van der Waals surface area contributed by atoms with Crippen LogP contribution < -0.4 is 0 Å². The van der Waals surface area contributed by atoms with Gasteiger partial charge in [0.25, 0.3) is 11.7 Å². The highest BCUT2D eigenvalue weighted by molar-refractivity contribution is 9.10. The van der Waals surface area contributed by atoms with Crippen LogP contribution in [0.25, 0.3) is 22.0 Å². The topological polar surface area (TPSA) is 56.4 Å². The number of fused-ring (bicyclic) bond motifs is 1. The molecule has 5 nitrogen and oxygen atoms in total. The third-order valence-electron chi connectivity index (χ3n) is 6.23. The van der Waals surface area contributed by atoms with E-state index in [1.807, 2.05) is 36.4 Å². The van der Waals surface area contributed by atoms with E-state index in [0.717, 1.165) is 35.0 Å². The van der Waals surface area contributed by atoms with Gasteiger partial charge in [-0.1, -0.05) is 70.5 Å². The van der Waals surface area contributed by atoms with Crippen molar-refractivity contribution in [1.82, 2.24) is 14.8 Å². The first kappa shape index (κ1) is 21.6. The minimum absolute atomic E-state index is 0.418. The van der Waals surface area contributed by atoms with E-state index < -0.39 is 11.7 Å². The Balaban J connectivity index is 1.17. The molecule has 1 aliphatic rings. The Morgan fingerprint density at radius 1 is 0.818 bits per heavy atom. The van der Waals surface area contributed by atoms with Gasteiger partial charge in [-0.25, -0.2) is 0 Å². The molecule has 33 heavy (non-hydrogen) atoms. The quantitative estimate of drug-likeness (QED) is 0.304. The summed E-state index contributed by atoms with van der Waals surface area (Å²) in [5.74, 6) is -0.859. The van der Waals surface area contributed by atoms with E-state index in [0.29, 0.717) is 18.7 Å². The highest BCUT2D eigenvalue weighted by Crippen LogP contribution is 2.23. The van der Waals surface area contributed by atoms with Gasteiger partial charge in [-0.15, -0.1) is 0 Å². The van der Waals surface area contributed by atoms with Crippen LogP contribution in [0.15, 0.2) is 83.5 Å². The third-order valence-corrected chi connectivity index (χ3v) is 6.75. The number of rotatable bonds is 5. The lowest BCUT2D eigenvalue weighted by molar-refractivity contribution is -0.128. The summed E-state index contributed by atoms with van der Waals surface area (Å²) < 4.78 is 1.07. The van der Waals surface area contributed by atoms with Crippen LogP contribution >= 0.6 is 15.9 Å². The van der Waals surface area contributed by atoms with Crippen LogP contribution in [0.3, 0.4) is 0 Å². The Morgan fingerprint density at radius 3 is 2.15 bits per heavy atom. The largest absolute Gasteiger partial charge is 0.360 e. The molecular formula is C27H24BrN3O2. The smallest absolute Gasteiger partial charge is 0.295 e. The summed E-state index contributed by atoms with van der Waals surface area (Å²) in [5, 5.41) is 0.793. The zero-order valence-corrected chi connectivity index (χ0v) is 19.7. The summed E-state index contributed by atoms with van der Waals surface area (Å²) in [6.07, 6.45) is 1.64. The van der Waals surface area contributed by atoms with Crippen molar-refractivity contribution in [3.63, 3.8) is 0 Å². The van der Waals surface area contributed by atoms with Crippen molar-refractivity contribution in [2.75, 3.05) is 26.2 Å². The molecule has 0 unspecified atom stereocenters. The number of carbonyl (C=O) groups is 2. The van der Waals surface area contributed by atoms with E-state index in [9.17, 15) is 9.59 Å². The molecule has 1 aliphatic heterocycles. The Hall–Kier alpha value is -3.22. The fraction of sp³-hybridized carbons (Fsp3) is 0.185. The summed E-state index contributed by atoms with van der Waals surface area (Å²) in [6, 6.07) is 24.5. The fourth-order valence-electron chi connectivity index (χ4n) is 4.33. The van der Waals surface area contributed by atoms with Crippen LogP contribution in [0, 0.1) is 0 Å². The van der Waals surface area contributed by atoms with E-state index in [1.54, 1.807) is 11.1 Å². The lowest BCUT2D eigenvalue weighted by Crippen LogP contribution is -2.50. The lowest BCUT2D eigenvalue weighted by Gasteiger charge is -2.34. The molecule has 1 N–H and O–H groups in total. The molecule has 0 saturated carbocycles. The average Bonchev–Trinajstić information content (AvgIpc) is 3.29. The van der Waals surface area contributed by atoms with Crippen molar-refractivity contribution in [2.24, 2.45) is 0 Å². The summed E-state index contributed by atoms with van der Waals surface area (Å²) in [7, 11) is 0. The Kier molecular flexibility index (Phi) is 6.11. The number of H-pyrrole nitrogens is 1. The first-order valence-electron chi connectivity index (χ1n) is 11.1. The molecule has 0 atom stereocenters. The molecule has 6 heteroatoms. The predicted molar refractivity (Wildman–Crippen MR) is 134 cm³/mol. The second-order valence-corrected chi connectivity index (χ2v) is 9.26. The minimum Gasteiger partial charge on any atom is -0.360 e. The van der Waals surface area contributed by atoms with E-state index in [4.69, 9.17) is 0 Å². The Morgan fingerprint density at radius 2 is 1.45 bits per heavy atom. The average molecular weight is 502 g/mol. The van der Waals surface area contributed by atoms with E-state index in [2.05, 4.69) is 62.2 Å². The van der Waals surface area contributed by atoms with Gasteiger partial charge >= 0.3 is 0 Å². The monoisotopic (exact) mass is 501 g/mol. The van der Waals surface area contributed by atoms with Gasteiger partial charge in [-0.3, -0.25) is 14.5 Å². The molecule has 1 aromatic heterocycles. The van der Waals surface area contributed by atoms with Gasteiger partial charge < -0.3 is 9.88 Å². The summed E-state index contributed by atoms with van der Waals surface area (Å²) in [5.41, 5.74) is 4.94. The fourth-order valence-corrected chi connectivity index (χ4v) is 4.59. The number of benzene rings is 3. The Bertz CT molecular complexity index is 1290. The highest BCUT2D eigenvalue weighted by atomic mass is 79.9. The number of hydrogen-bond acceptors (Lipinski definition) is 3. The van der Waals surface area contributed by atoms with Gasteiger partial charge in [0, 0.05) is 54.3 Å². The number of aromatic amines is 1. The van der Waals surface area contributed by atoms with Crippen LogP contribution in [0.2, 0.25) is 0 Å². The third kappa shape index (κ3) is 4.63. The van der Waals surface area contributed by atoms with Crippen LogP contribution in [-0.2, 0) is 11.3 Å². The predicted octanol–water partition coefficient (Wildman–Crippen LogP) is 5.12. The number of hydrogen-bond donors (Lipinski definition) is 1. The van der Waals surface area contributed by atoms with Crippen molar-refractivity contribution >= 4 is 38.5 Å². The van der Waals surface area contributed by atoms with E-state index >= 15 is 0 Å². The molecule has 5 rings (SSSR count). The lowest BCUT2D eigenvalue weighted by atomic mass is 10.0. The molecule has 0 bridgehead atoms. The van der Waals surface area contributed by atoms with Gasteiger partial charge in [0.1, 0.15) is 0 Å². The van der Waals surface area contributed by atoms with Gasteiger partial charge in [-0.2, -0.15) is 0 Å². The molecule has 3 aromatic carbocycles. The number of carbonyl (C=O) groups excluding carboxylic acids is 2. The standard InChI is InChI=1S/C27H24BrN3O2/c28-22-11-9-21(10-12-22)20-7-5-19(6-8-20)18-30-13-15-31(16-14-30)27(33)26(32)24-17-29-25-4-2-1-3-23(24)25/h1-12,17,29H,13-16,18H2. The molecule has 0 spiro atoms. The number of aromatic nitrogens is 1. The van der Waals surface area contributed by atoms with Crippen molar-refractivity contribution in [3.05, 3.63) is 94.6 Å². The van der Waals surface area contributed by atoms with Crippen molar-refractivity contribution in [1.29, 1.82) is 0 Å². The zero-order chi connectivity index (χ0) is 22.8. The molecular weight excluding hydrogens is 478 g/mol. The molecule has 0 aliphatic carbocycles. The molecule has 1 amide bonds. The first-order chi connectivity index (χ1) is 16.1. The highest BCUT2D eigenvalue weighted by Gasteiger charge is 2.28. The number of piperazine rings is 1. The maximum absolute atomic E-state index is 12.8. The van der Waals surface area contributed by atoms with E-state index in [1.165, 1.54) is 16.7 Å². The van der Waals surface area contributed by atoms with Gasteiger partial charge in [0.15, 0.2) is 0 Å². The maximum Gasteiger partial charge on any atom is 0.295 e. The summed E-state index contributed by atoms with van der Waals surface area (Å²) in [6.45, 7) is 3.45. The molecule has 4 aromatic rings. The van der Waals surface area contributed by atoms with E-state index in [-0.39, 0.29) is 0 Å². The second-order valence-electron chi connectivity index (χ2n) is 8.35. The number of nitrogens with one attached hydrogen (secondary N) is 1. The first-order valence-corrected chi connectivity index (χ1v) is 11.8. The second kappa shape index (κ2) is 9.33. The molecule has 1 fully saturated rings. The maximum atomic E-state index is 12.8. The van der Waals surface area contributed by atoms with Crippen LogP contribution in [0.1, 0.15) is 15.9 Å². The van der Waals surface area contributed by atoms with Crippen molar-refractivity contribution in [2.45, 2.75) is 6.54 Å². The Labute approximate surface area is 201 Å². The van der Waals surface area contributed by atoms with Crippen LogP contribution in [0.5, 0.6) is 0 Å². The minimum atomic E-state index is -0.440. The summed E-state index contributed by atoms with van der Waals surface area (Å²) in [4.78, 5) is 32.8. The zero-order valence-electron chi connectivity index (χ0n) is 18.1. The normalized spacial score (nSPS) is 14.5.